The molecule has 1 aromatic carbocycles. The second-order valence-electron chi connectivity index (χ2n) is 4.70. The van der Waals surface area contributed by atoms with Crippen LogP contribution in [0.15, 0.2) is 64.8 Å². The lowest BCUT2D eigenvalue weighted by Crippen LogP contribution is -1.99. The molecule has 110 valence electrons. The van der Waals surface area contributed by atoms with Gasteiger partial charge in [0.15, 0.2) is 0 Å². The second kappa shape index (κ2) is 6.03. The number of nitrogens with zero attached hydrogens (tertiary/aromatic N) is 3. The number of aryl methyl sites for hydroxylation is 1. The Labute approximate surface area is 131 Å². The van der Waals surface area contributed by atoms with Gasteiger partial charge in [0.1, 0.15) is 10.7 Å². The molecule has 0 saturated heterocycles. The minimum Gasteiger partial charge on any atom is -0.477 e. The summed E-state index contributed by atoms with van der Waals surface area (Å²) in [5.74, 6) is -1.02. The maximum Gasteiger partial charge on any atom is 0.354 e. The van der Waals surface area contributed by atoms with E-state index >= 15 is 0 Å². The summed E-state index contributed by atoms with van der Waals surface area (Å²) >= 11 is 1.43. The largest absolute Gasteiger partial charge is 0.477 e. The Balaban J connectivity index is 1.87. The third kappa shape index (κ3) is 3.17. The first-order valence-electron chi connectivity index (χ1n) is 6.59. The molecule has 1 N–H and O–H groups in total. The van der Waals surface area contributed by atoms with Crippen molar-refractivity contribution in [3.8, 4) is 11.1 Å². The summed E-state index contributed by atoms with van der Waals surface area (Å²) < 4.78 is 1.76. The van der Waals surface area contributed by atoms with Crippen molar-refractivity contribution in [1.82, 2.24) is 14.8 Å². The first-order chi connectivity index (χ1) is 10.6. The monoisotopic (exact) mass is 311 g/mol. The number of hydrogen-bond acceptors (Lipinski definition) is 4. The highest BCUT2D eigenvalue weighted by Gasteiger charge is 2.07. The standard InChI is InChI=1S/C16H13N3O2S/c1-19-10-12(9-17-19)11-4-2-5-13(8-11)22-15-7-3-6-14(18-15)16(20)21/h2-10H,1H3,(H,20,21). The van der Waals surface area contributed by atoms with Crippen molar-refractivity contribution >= 4 is 17.7 Å². The highest BCUT2D eigenvalue weighted by atomic mass is 32.2. The predicted octanol–water partition coefficient (Wildman–Crippen LogP) is 3.33. The van der Waals surface area contributed by atoms with Gasteiger partial charge in [-0.15, -0.1) is 0 Å². The fourth-order valence-corrected chi connectivity index (χ4v) is 2.89. The van der Waals surface area contributed by atoms with Crippen molar-refractivity contribution in [3.63, 3.8) is 0 Å². The molecule has 2 aromatic heterocycles. The van der Waals surface area contributed by atoms with E-state index < -0.39 is 5.97 Å². The lowest BCUT2D eigenvalue weighted by Gasteiger charge is -2.04. The lowest BCUT2D eigenvalue weighted by molar-refractivity contribution is 0.0689. The number of carboxylic acid groups (broad SMARTS) is 1. The molecule has 6 heteroatoms. The van der Waals surface area contributed by atoms with E-state index in [1.165, 1.54) is 17.8 Å². The van der Waals surface area contributed by atoms with E-state index in [1.54, 1.807) is 16.8 Å². The summed E-state index contributed by atoms with van der Waals surface area (Å²) in [6, 6.07) is 13.0. The minimum absolute atomic E-state index is 0.0495. The topological polar surface area (TPSA) is 68.0 Å². The fraction of sp³-hybridized carbons (Fsp3) is 0.0625. The van der Waals surface area contributed by atoms with Crippen LogP contribution in [-0.2, 0) is 7.05 Å². The van der Waals surface area contributed by atoms with Gasteiger partial charge in [-0.3, -0.25) is 4.68 Å². The Bertz CT molecular complexity index is 830. The van der Waals surface area contributed by atoms with E-state index in [2.05, 4.69) is 10.1 Å². The summed E-state index contributed by atoms with van der Waals surface area (Å²) in [5, 5.41) is 13.8. The smallest absolute Gasteiger partial charge is 0.354 e. The van der Waals surface area contributed by atoms with E-state index in [9.17, 15) is 4.79 Å². The molecule has 0 aliphatic heterocycles. The SMILES string of the molecule is Cn1cc(-c2cccc(Sc3cccc(C(=O)O)n3)c2)cn1. The molecule has 0 bridgehead atoms. The van der Waals surface area contributed by atoms with Crippen LogP contribution in [0.1, 0.15) is 10.5 Å². The number of carbonyl (C=O) groups is 1. The average Bonchev–Trinajstić information content (AvgIpc) is 2.94. The summed E-state index contributed by atoms with van der Waals surface area (Å²) in [4.78, 5) is 16.1. The maximum atomic E-state index is 11.0. The van der Waals surface area contributed by atoms with Crippen LogP contribution in [0.3, 0.4) is 0 Å². The van der Waals surface area contributed by atoms with Gasteiger partial charge < -0.3 is 5.11 Å². The molecule has 3 rings (SSSR count). The van der Waals surface area contributed by atoms with Crippen LogP contribution in [0, 0.1) is 0 Å². The molecule has 0 fully saturated rings. The Hall–Kier alpha value is -2.60. The van der Waals surface area contributed by atoms with Gasteiger partial charge in [-0.25, -0.2) is 9.78 Å². The van der Waals surface area contributed by atoms with Crippen molar-refractivity contribution in [2.75, 3.05) is 0 Å². The number of benzene rings is 1. The van der Waals surface area contributed by atoms with E-state index in [-0.39, 0.29) is 5.69 Å². The zero-order valence-corrected chi connectivity index (χ0v) is 12.6. The molecule has 0 spiro atoms. The third-order valence-corrected chi connectivity index (χ3v) is 3.96. The van der Waals surface area contributed by atoms with Crippen LogP contribution in [0.5, 0.6) is 0 Å². The van der Waals surface area contributed by atoms with Crippen molar-refractivity contribution < 1.29 is 9.90 Å². The molecule has 0 radical (unpaired) electrons. The van der Waals surface area contributed by atoms with Gasteiger partial charge in [0.05, 0.1) is 6.20 Å². The molecule has 0 unspecified atom stereocenters. The number of pyridine rings is 1. The normalized spacial score (nSPS) is 10.6. The van der Waals surface area contributed by atoms with Crippen LogP contribution in [0.4, 0.5) is 0 Å². The zero-order chi connectivity index (χ0) is 15.5. The minimum atomic E-state index is -1.02. The van der Waals surface area contributed by atoms with Crippen LogP contribution in [0.2, 0.25) is 0 Å². The van der Waals surface area contributed by atoms with Crippen molar-refractivity contribution in [1.29, 1.82) is 0 Å². The Kier molecular flexibility index (Phi) is 3.93. The van der Waals surface area contributed by atoms with Crippen LogP contribution < -0.4 is 0 Å². The van der Waals surface area contributed by atoms with E-state index in [0.29, 0.717) is 5.03 Å². The van der Waals surface area contributed by atoms with Gasteiger partial charge >= 0.3 is 5.97 Å². The molecule has 0 atom stereocenters. The van der Waals surface area contributed by atoms with Gasteiger partial charge in [0.25, 0.3) is 0 Å². The second-order valence-corrected chi connectivity index (χ2v) is 5.79. The van der Waals surface area contributed by atoms with Gasteiger partial charge in [-0.1, -0.05) is 30.0 Å². The Morgan fingerprint density at radius 2 is 2.00 bits per heavy atom. The van der Waals surface area contributed by atoms with E-state index in [1.807, 2.05) is 43.7 Å². The van der Waals surface area contributed by atoms with Gasteiger partial charge in [-0.05, 0) is 29.8 Å². The summed E-state index contributed by atoms with van der Waals surface area (Å²) in [7, 11) is 1.88. The summed E-state index contributed by atoms with van der Waals surface area (Å²) in [6.45, 7) is 0. The molecular formula is C16H13N3O2S. The van der Waals surface area contributed by atoms with Gasteiger partial charge in [0.2, 0.25) is 0 Å². The van der Waals surface area contributed by atoms with Crippen LogP contribution in [-0.4, -0.2) is 25.8 Å². The number of aromatic carboxylic acids is 1. The number of hydrogen-bond donors (Lipinski definition) is 1. The summed E-state index contributed by atoms with van der Waals surface area (Å²) in [5.41, 5.74) is 2.15. The third-order valence-electron chi connectivity index (χ3n) is 3.04. The van der Waals surface area contributed by atoms with Crippen LogP contribution in [0.25, 0.3) is 11.1 Å². The molecular weight excluding hydrogens is 298 g/mol. The number of rotatable bonds is 4. The fourth-order valence-electron chi connectivity index (χ4n) is 2.02. The molecule has 3 aromatic rings. The van der Waals surface area contributed by atoms with Gasteiger partial charge in [-0.2, -0.15) is 5.10 Å². The van der Waals surface area contributed by atoms with Crippen molar-refractivity contribution in [3.05, 3.63) is 60.6 Å². The summed E-state index contributed by atoms with van der Waals surface area (Å²) in [6.07, 6.45) is 3.76. The molecule has 0 amide bonds. The molecule has 2 heterocycles. The predicted molar refractivity (Wildman–Crippen MR) is 84.0 cm³/mol. The van der Waals surface area contributed by atoms with Gasteiger partial charge in [0, 0.05) is 23.7 Å². The Morgan fingerprint density at radius 1 is 1.18 bits per heavy atom. The zero-order valence-electron chi connectivity index (χ0n) is 11.8. The Morgan fingerprint density at radius 3 is 2.73 bits per heavy atom. The first kappa shape index (κ1) is 14.3. The van der Waals surface area contributed by atoms with Crippen molar-refractivity contribution in [2.45, 2.75) is 9.92 Å². The number of carboxylic acids is 1. The number of aromatic nitrogens is 3. The van der Waals surface area contributed by atoms with Crippen LogP contribution >= 0.6 is 11.8 Å². The molecule has 0 saturated carbocycles. The molecule has 5 nitrogen and oxygen atoms in total. The first-order valence-corrected chi connectivity index (χ1v) is 7.41. The molecule has 0 aliphatic rings. The van der Waals surface area contributed by atoms with E-state index in [4.69, 9.17) is 5.11 Å². The maximum absolute atomic E-state index is 11.0. The lowest BCUT2D eigenvalue weighted by atomic mass is 10.1. The van der Waals surface area contributed by atoms with E-state index in [0.717, 1.165) is 16.0 Å². The van der Waals surface area contributed by atoms with Crippen molar-refractivity contribution in [2.24, 2.45) is 7.05 Å². The molecule has 0 aliphatic carbocycles. The molecule has 22 heavy (non-hydrogen) atoms. The highest BCUT2D eigenvalue weighted by molar-refractivity contribution is 7.99. The quantitative estimate of drug-likeness (QED) is 0.800. The highest BCUT2D eigenvalue weighted by Crippen LogP contribution is 2.29. The average molecular weight is 311 g/mol.